The van der Waals surface area contributed by atoms with Gasteiger partial charge in [-0.2, -0.15) is 0 Å². The van der Waals surface area contributed by atoms with Crippen LogP contribution in [0.4, 0.5) is 4.79 Å². The van der Waals surface area contributed by atoms with E-state index in [4.69, 9.17) is 0 Å². The lowest BCUT2D eigenvalue weighted by molar-refractivity contribution is 0.205. The quantitative estimate of drug-likeness (QED) is 0.603. The van der Waals surface area contributed by atoms with Crippen molar-refractivity contribution >= 4 is 17.8 Å². The smallest absolute Gasteiger partial charge is 0.317 e. The second-order valence-corrected chi connectivity index (χ2v) is 7.01. The van der Waals surface area contributed by atoms with Gasteiger partial charge >= 0.3 is 6.03 Å². The Morgan fingerprint density at radius 1 is 1.25 bits per heavy atom. The van der Waals surface area contributed by atoms with Gasteiger partial charge in [0.05, 0.1) is 6.04 Å². The molecule has 0 bridgehead atoms. The highest BCUT2D eigenvalue weighted by atomic mass is 32.2. The van der Waals surface area contributed by atoms with Crippen LogP contribution in [-0.2, 0) is 0 Å². The molecule has 1 aromatic heterocycles. The summed E-state index contributed by atoms with van der Waals surface area (Å²) < 4.78 is 0. The first kappa shape index (κ1) is 18.3. The number of pyridine rings is 1. The van der Waals surface area contributed by atoms with Gasteiger partial charge in [0.2, 0.25) is 0 Å². The van der Waals surface area contributed by atoms with Crippen LogP contribution in [-0.4, -0.2) is 35.3 Å². The SMILES string of the molecule is Cc1ccc([C@H](C)NC(=O)N(C)CCCSc2ccccc2)cn1. The van der Waals surface area contributed by atoms with E-state index in [0.717, 1.165) is 30.0 Å². The molecule has 0 fully saturated rings. The summed E-state index contributed by atoms with van der Waals surface area (Å²) >= 11 is 1.82. The molecule has 1 atom stereocenters. The number of thioether (sulfide) groups is 1. The normalized spacial score (nSPS) is 11.8. The second-order valence-electron chi connectivity index (χ2n) is 5.84. The lowest BCUT2D eigenvalue weighted by atomic mass is 10.1. The summed E-state index contributed by atoms with van der Waals surface area (Å²) in [7, 11) is 1.84. The van der Waals surface area contributed by atoms with Crippen LogP contribution in [0.1, 0.15) is 30.6 Å². The second kappa shape index (κ2) is 9.33. The lowest BCUT2D eigenvalue weighted by Crippen LogP contribution is -2.39. The fourth-order valence-corrected chi connectivity index (χ4v) is 3.08. The number of hydrogen-bond donors (Lipinski definition) is 1. The van der Waals surface area contributed by atoms with E-state index in [1.165, 1.54) is 4.90 Å². The molecule has 0 aliphatic rings. The summed E-state index contributed by atoms with van der Waals surface area (Å²) in [6.45, 7) is 4.67. The molecule has 1 aromatic carbocycles. The third-order valence-corrected chi connectivity index (χ3v) is 4.87. The van der Waals surface area contributed by atoms with Crippen molar-refractivity contribution < 1.29 is 4.79 Å². The number of amides is 2. The van der Waals surface area contributed by atoms with E-state index in [9.17, 15) is 4.79 Å². The zero-order valence-corrected chi connectivity index (χ0v) is 15.3. The van der Waals surface area contributed by atoms with E-state index < -0.39 is 0 Å². The molecule has 0 aliphatic heterocycles. The third kappa shape index (κ3) is 5.89. The van der Waals surface area contributed by atoms with Crippen molar-refractivity contribution in [3.8, 4) is 0 Å². The molecular weight excluding hydrogens is 318 g/mol. The van der Waals surface area contributed by atoms with Crippen molar-refractivity contribution in [1.29, 1.82) is 0 Å². The van der Waals surface area contributed by atoms with Crippen molar-refractivity contribution in [2.45, 2.75) is 31.2 Å². The van der Waals surface area contributed by atoms with Crippen LogP contribution >= 0.6 is 11.8 Å². The van der Waals surface area contributed by atoms with Gasteiger partial charge in [-0.1, -0.05) is 24.3 Å². The van der Waals surface area contributed by atoms with Crippen LogP contribution < -0.4 is 5.32 Å². The van der Waals surface area contributed by atoms with Gasteiger partial charge < -0.3 is 10.2 Å². The first-order chi connectivity index (χ1) is 11.6. The molecule has 1 heterocycles. The maximum Gasteiger partial charge on any atom is 0.317 e. The number of nitrogens with one attached hydrogen (secondary N) is 1. The molecule has 0 unspecified atom stereocenters. The van der Waals surface area contributed by atoms with Gasteiger partial charge in [0.15, 0.2) is 0 Å². The van der Waals surface area contributed by atoms with Crippen molar-refractivity contribution in [2.75, 3.05) is 19.3 Å². The minimum atomic E-state index is -0.0493. The Bertz CT molecular complexity index is 631. The maximum absolute atomic E-state index is 12.2. The maximum atomic E-state index is 12.2. The number of urea groups is 1. The van der Waals surface area contributed by atoms with E-state index in [2.05, 4.69) is 22.4 Å². The molecule has 0 aliphatic carbocycles. The Balaban J connectivity index is 1.70. The van der Waals surface area contributed by atoms with Gasteiger partial charge in [0, 0.05) is 30.4 Å². The fourth-order valence-electron chi connectivity index (χ4n) is 2.22. The summed E-state index contributed by atoms with van der Waals surface area (Å²) in [4.78, 5) is 19.5. The number of hydrogen-bond acceptors (Lipinski definition) is 3. The minimum Gasteiger partial charge on any atom is -0.331 e. The van der Waals surface area contributed by atoms with E-state index in [1.54, 1.807) is 4.90 Å². The molecule has 5 heteroatoms. The monoisotopic (exact) mass is 343 g/mol. The zero-order valence-electron chi connectivity index (χ0n) is 14.5. The topological polar surface area (TPSA) is 45.2 Å². The predicted octanol–water partition coefficient (Wildman–Crippen LogP) is 4.27. The molecule has 2 aromatic rings. The first-order valence-corrected chi connectivity index (χ1v) is 9.17. The number of benzene rings is 1. The van der Waals surface area contributed by atoms with E-state index >= 15 is 0 Å². The highest BCUT2D eigenvalue weighted by molar-refractivity contribution is 7.99. The largest absolute Gasteiger partial charge is 0.331 e. The third-order valence-electron chi connectivity index (χ3n) is 3.77. The summed E-state index contributed by atoms with van der Waals surface area (Å²) in [6, 6.07) is 14.2. The van der Waals surface area contributed by atoms with Gasteiger partial charge in [-0.3, -0.25) is 4.98 Å². The molecule has 0 saturated heterocycles. The van der Waals surface area contributed by atoms with Crippen molar-refractivity contribution in [2.24, 2.45) is 0 Å². The average Bonchev–Trinajstić information content (AvgIpc) is 2.60. The zero-order chi connectivity index (χ0) is 17.4. The van der Waals surface area contributed by atoms with Crippen LogP contribution in [0, 0.1) is 6.92 Å². The predicted molar refractivity (Wildman–Crippen MR) is 100 cm³/mol. The minimum absolute atomic E-state index is 0.0483. The molecule has 4 nitrogen and oxygen atoms in total. The number of aromatic nitrogens is 1. The summed E-state index contributed by atoms with van der Waals surface area (Å²) in [5.41, 5.74) is 1.99. The van der Waals surface area contributed by atoms with E-state index in [-0.39, 0.29) is 12.1 Å². The van der Waals surface area contributed by atoms with Crippen molar-refractivity contribution in [3.63, 3.8) is 0 Å². The standard InChI is InChI=1S/C19H25N3OS/c1-15-10-11-17(14-20-15)16(2)21-19(23)22(3)12-7-13-24-18-8-5-4-6-9-18/h4-6,8-11,14,16H,7,12-13H2,1-3H3,(H,21,23)/t16-/m0/s1. The van der Waals surface area contributed by atoms with Gasteiger partial charge in [-0.05, 0) is 49.8 Å². The Morgan fingerprint density at radius 3 is 2.67 bits per heavy atom. The highest BCUT2D eigenvalue weighted by Gasteiger charge is 2.13. The first-order valence-electron chi connectivity index (χ1n) is 8.18. The Kier molecular flexibility index (Phi) is 7.12. The van der Waals surface area contributed by atoms with Gasteiger partial charge in [0.25, 0.3) is 0 Å². The molecular formula is C19H25N3OS. The van der Waals surface area contributed by atoms with Crippen molar-refractivity contribution in [3.05, 3.63) is 59.9 Å². The summed E-state index contributed by atoms with van der Waals surface area (Å²) in [6.07, 6.45) is 2.78. The van der Waals surface area contributed by atoms with Crippen LogP contribution in [0.25, 0.3) is 0 Å². The number of aryl methyl sites for hydroxylation is 1. The Morgan fingerprint density at radius 2 is 2.00 bits per heavy atom. The Labute approximate surface area is 148 Å². The molecule has 1 N–H and O–H groups in total. The molecule has 0 radical (unpaired) electrons. The fraction of sp³-hybridized carbons (Fsp3) is 0.368. The van der Waals surface area contributed by atoms with Gasteiger partial charge in [0.1, 0.15) is 0 Å². The van der Waals surface area contributed by atoms with E-state index in [0.29, 0.717) is 0 Å². The van der Waals surface area contributed by atoms with Crippen LogP contribution in [0.3, 0.4) is 0 Å². The highest BCUT2D eigenvalue weighted by Crippen LogP contribution is 2.18. The average molecular weight is 343 g/mol. The summed E-state index contributed by atoms with van der Waals surface area (Å²) in [5, 5.41) is 3.01. The summed E-state index contributed by atoms with van der Waals surface area (Å²) in [5.74, 6) is 0.999. The van der Waals surface area contributed by atoms with Crippen LogP contribution in [0.5, 0.6) is 0 Å². The molecule has 24 heavy (non-hydrogen) atoms. The lowest BCUT2D eigenvalue weighted by Gasteiger charge is -2.21. The number of rotatable bonds is 7. The number of carbonyl (C=O) groups is 1. The molecule has 0 spiro atoms. The number of nitrogens with zero attached hydrogens (tertiary/aromatic N) is 2. The molecule has 128 valence electrons. The van der Waals surface area contributed by atoms with E-state index in [1.807, 2.05) is 69.2 Å². The van der Waals surface area contributed by atoms with Gasteiger partial charge in [-0.25, -0.2) is 4.79 Å². The molecule has 0 saturated carbocycles. The molecule has 2 rings (SSSR count). The Hall–Kier alpha value is -2.01. The van der Waals surface area contributed by atoms with Crippen LogP contribution in [0.15, 0.2) is 53.6 Å². The van der Waals surface area contributed by atoms with Gasteiger partial charge in [-0.15, -0.1) is 11.8 Å². The molecule has 2 amide bonds. The van der Waals surface area contributed by atoms with Crippen LogP contribution in [0.2, 0.25) is 0 Å². The number of carbonyl (C=O) groups excluding carboxylic acids is 1. The van der Waals surface area contributed by atoms with Crippen molar-refractivity contribution in [1.82, 2.24) is 15.2 Å².